The number of guanidine groups is 1. The van der Waals surface area contributed by atoms with Crippen molar-refractivity contribution in [2.45, 2.75) is 52.2 Å². The van der Waals surface area contributed by atoms with Crippen molar-refractivity contribution < 1.29 is 9.47 Å². The highest BCUT2D eigenvalue weighted by Crippen LogP contribution is 2.11. The lowest BCUT2D eigenvalue weighted by molar-refractivity contribution is -0.0318. The highest BCUT2D eigenvalue weighted by Gasteiger charge is 2.13. The molecule has 6 heteroatoms. The molecule has 0 amide bonds. The lowest BCUT2D eigenvalue weighted by Crippen LogP contribution is -2.38. The second-order valence-corrected chi connectivity index (χ2v) is 6.80. The van der Waals surface area contributed by atoms with Crippen LogP contribution >= 0.6 is 24.0 Å². The van der Waals surface area contributed by atoms with Crippen LogP contribution in [0.5, 0.6) is 0 Å². The van der Waals surface area contributed by atoms with Gasteiger partial charge >= 0.3 is 0 Å². The van der Waals surface area contributed by atoms with E-state index in [4.69, 9.17) is 14.5 Å². The summed E-state index contributed by atoms with van der Waals surface area (Å²) in [7, 11) is 2.09. The summed E-state index contributed by atoms with van der Waals surface area (Å²) in [5.41, 5.74) is 2.68. The number of ether oxygens (including phenoxy) is 2. The summed E-state index contributed by atoms with van der Waals surface area (Å²) in [6.45, 7) is 9.23. The largest absolute Gasteiger partial charge is 0.381 e. The SMILES string of the molecule is CCNC(=NCCCOC1CCOCC1)N(C)Cc1ccc(CC)cc1.I. The van der Waals surface area contributed by atoms with E-state index in [0.29, 0.717) is 6.10 Å². The zero-order valence-corrected chi connectivity index (χ0v) is 19.4. The molecule has 0 aromatic heterocycles. The first-order chi connectivity index (χ1) is 12.7. The standard InChI is InChI=1S/C21H35N3O2.HI/c1-4-18-7-9-19(10-8-18)17-24(3)21(22-5-2)23-13-6-14-26-20-11-15-25-16-12-20;/h7-10,20H,4-6,11-17H2,1-3H3,(H,22,23);1H. The van der Waals surface area contributed by atoms with Crippen LogP contribution in [-0.4, -0.2) is 56.9 Å². The van der Waals surface area contributed by atoms with Gasteiger partial charge in [-0.3, -0.25) is 4.99 Å². The zero-order valence-electron chi connectivity index (χ0n) is 17.1. The Morgan fingerprint density at radius 3 is 2.48 bits per heavy atom. The first-order valence-electron chi connectivity index (χ1n) is 9.99. The average Bonchev–Trinajstić information content (AvgIpc) is 2.68. The summed E-state index contributed by atoms with van der Waals surface area (Å²) in [6, 6.07) is 8.84. The summed E-state index contributed by atoms with van der Waals surface area (Å²) < 4.78 is 11.3. The van der Waals surface area contributed by atoms with Crippen molar-refractivity contribution >= 4 is 29.9 Å². The number of rotatable bonds is 9. The maximum atomic E-state index is 5.92. The Kier molecular flexibility index (Phi) is 12.7. The van der Waals surface area contributed by atoms with Crippen molar-refractivity contribution in [1.29, 1.82) is 0 Å². The maximum absolute atomic E-state index is 5.92. The minimum absolute atomic E-state index is 0. The third kappa shape index (κ3) is 9.25. The molecular formula is C21H36IN3O2. The minimum Gasteiger partial charge on any atom is -0.381 e. The molecule has 1 aromatic rings. The van der Waals surface area contributed by atoms with Crippen molar-refractivity contribution in [2.75, 3.05) is 40.0 Å². The molecule has 1 aromatic carbocycles. The normalized spacial score (nSPS) is 15.3. The lowest BCUT2D eigenvalue weighted by atomic mass is 10.1. The van der Waals surface area contributed by atoms with Gasteiger partial charge in [-0.2, -0.15) is 0 Å². The maximum Gasteiger partial charge on any atom is 0.193 e. The van der Waals surface area contributed by atoms with Gasteiger partial charge in [0.2, 0.25) is 0 Å². The second-order valence-electron chi connectivity index (χ2n) is 6.80. The molecule has 0 radical (unpaired) electrons. The highest BCUT2D eigenvalue weighted by molar-refractivity contribution is 14.0. The van der Waals surface area contributed by atoms with Gasteiger partial charge in [0, 0.05) is 46.5 Å². The van der Waals surface area contributed by atoms with Gasteiger partial charge in [0.1, 0.15) is 0 Å². The number of aliphatic imine (C=N–C) groups is 1. The molecule has 1 N–H and O–H groups in total. The lowest BCUT2D eigenvalue weighted by Gasteiger charge is -2.23. The van der Waals surface area contributed by atoms with E-state index in [2.05, 4.69) is 55.4 Å². The number of aryl methyl sites for hydroxylation is 1. The third-order valence-corrected chi connectivity index (χ3v) is 4.63. The van der Waals surface area contributed by atoms with Gasteiger partial charge in [-0.15, -0.1) is 24.0 Å². The van der Waals surface area contributed by atoms with Gasteiger partial charge in [-0.05, 0) is 43.7 Å². The Bertz CT molecular complexity index is 531. The molecule has 27 heavy (non-hydrogen) atoms. The number of halogens is 1. The average molecular weight is 489 g/mol. The second kappa shape index (κ2) is 14.2. The summed E-state index contributed by atoms with van der Waals surface area (Å²) in [5, 5.41) is 3.38. The molecule has 1 saturated heterocycles. The molecule has 1 fully saturated rings. The van der Waals surface area contributed by atoms with Crippen LogP contribution in [0.4, 0.5) is 0 Å². The molecular weight excluding hydrogens is 453 g/mol. The first kappa shape index (κ1) is 24.2. The summed E-state index contributed by atoms with van der Waals surface area (Å²) in [5.74, 6) is 0.957. The Morgan fingerprint density at radius 2 is 1.85 bits per heavy atom. The number of hydrogen-bond acceptors (Lipinski definition) is 3. The predicted molar refractivity (Wildman–Crippen MR) is 123 cm³/mol. The smallest absolute Gasteiger partial charge is 0.193 e. The molecule has 0 spiro atoms. The van der Waals surface area contributed by atoms with Crippen LogP contribution in [0.2, 0.25) is 0 Å². The molecule has 0 bridgehead atoms. The fraction of sp³-hybridized carbons (Fsp3) is 0.667. The van der Waals surface area contributed by atoms with Crippen LogP contribution < -0.4 is 5.32 Å². The van der Waals surface area contributed by atoms with Crippen molar-refractivity contribution in [3.05, 3.63) is 35.4 Å². The molecule has 1 heterocycles. The summed E-state index contributed by atoms with van der Waals surface area (Å²) >= 11 is 0. The Hall–Kier alpha value is -0.860. The van der Waals surface area contributed by atoms with Crippen LogP contribution in [0, 0.1) is 0 Å². The first-order valence-corrected chi connectivity index (χ1v) is 9.99. The Labute approximate surface area is 181 Å². The van der Waals surface area contributed by atoms with E-state index < -0.39 is 0 Å². The Balaban J connectivity index is 0.00000364. The number of nitrogens with zero attached hydrogens (tertiary/aromatic N) is 2. The number of benzene rings is 1. The van der Waals surface area contributed by atoms with Gasteiger partial charge in [0.05, 0.1) is 6.10 Å². The number of hydrogen-bond donors (Lipinski definition) is 1. The van der Waals surface area contributed by atoms with Crippen molar-refractivity contribution in [3.8, 4) is 0 Å². The number of nitrogens with one attached hydrogen (secondary N) is 1. The summed E-state index contributed by atoms with van der Waals surface area (Å²) in [4.78, 5) is 6.94. The van der Waals surface area contributed by atoms with E-state index in [1.165, 1.54) is 11.1 Å². The van der Waals surface area contributed by atoms with Crippen molar-refractivity contribution in [1.82, 2.24) is 10.2 Å². The van der Waals surface area contributed by atoms with Crippen molar-refractivity contribution in [2.24, 2.45) is 4.99 Å². The highest BCUT2D eigenvalue weighted by atomic mass is 127. The van der Waals surface area contributed by atoms with Crippen LogP contribution in [-0.2, 0) is 22.4 Å². The van der Waals surface area contributed by atoms with E-state index in [-0.39, 0.29) is 24.0 Å². The molecule has 1 aliphatic heterocycles. The molecule has 0 aliphatic carbocycles. The van der Waals surface area contributed by atoms with Crippen LogP contribution in [0.1, 0.15) is 44.2 Å². The van der Waals surface area contributed by atoms with Crippen molar-refractivity contribution in [3.63, 3.8) is 0 Å². The topological polar surface area (TPSA) is 46.1 Å². The molecule has 0 atom stereocenters. The van der Waals surface area contributed by atoms with Crippen LogP contribution in [0.3, 0.4) is 0 Å². The van der Waals surface area contributed by atoms with Gasteiger partial charge in [-0.25, -0.2) is 0 Å². The molecule has 2 rings (SSSR count). The third-order valence-electron chi connectivity index (χ3n) is 4.63. The van der Waals surface area contributed by atoms with Crippen LogP contribution in [0.15, 0.2) is 29.3 Å². The summed E-state index contributed by atoms with van der Waals surface area (Å²) in [6.07, 6.45) is 4.44. The molecule has 0 unspecified atom stereocenters. The quantitative estimate of drug-likeness (QED) is 0.248. The fourth-order valence-electron chi connectivity index (χ4n) is 3.04. The van der Waals surface area contributed by atoms with E-state index in [9.17, 15) is 0 Å². The van der Waals surface area contributed by atoms with E-state index >= 15 is 0 Å². The van der Waals surface area contributed by atoms with E-state index in [1.54, 1.807) is 0 Å². The van der Waals surface area contributed by atoms with Gasteiger partial charge in [0.25, 0.3) is 0 Å². The van der Waals surface area contributed by atoms with E-state index in [0.717, 1.165) is 71.1 Å². The fourth-order valence-corrected chi connectivity index (χ4v) is 3.04. The molecule has 0 saturated carbocycles. The monoisotopic (exact) mass is 489 g/mol. The van der Waals surface area contributed by atoms with Gasteiger partial charge < -0.3 is 19.7 Å². The Morgan fingerprint density at radius 1 is 1.19 bits per heavy atom. The molecule has 5 nitrogen and oxygen atoms in total. The van der Waals surface area contributed by atoms with E-state index in [1.807, 2.05) is 0 Å². The van der Waals surface area contributed by atoms with Crippen LogP contribution in [0.25, 0.3) is 0 Å². The minimum atomic E-state index is 0. The zero-order chi connectivity index (χ0) is 18.6. The molecule has 154 valence electrons. The van der Waals surface area contributed by atoms with Gasteiger partial charge in [0.15, 0.2) is 5.96 Å². The predicted octanol–water partition coefficient (Wildman–Crippen LogP) is 3.85. The molecule has 1 aliphatic rings. The van der Waals surface area contributed by atoms with Gasteiger partial charge in [-0.1, -0.05) is 31.2 Å².